The molecule has 0 aliphatic rings. The first-order chi connectivity index (χ1) is 9.96. The number of nitrogens with two attached hydrogens (primary N) is 1. The van der Waals surface area contributed by atoms with Crippen LogP contribution in [0.15, 0.2) is 33.7 Å². The molecule has 0 saturated carbocycles. The van der Waals surface area contributed by atoms with Crippen LogP contribution in [0.2, 0.25) is 5.02 Å². The van der Waals surface area contributed by atoms with E-state index in [-0.39, 0.29) is 18.0 Å². The highest BCUT2D eigenvalue weighted by Gasteiger charge is 2.16. The molecule has 2 aromatic rings. The van der Waals surface area contributed by atoms with E-state index in [0.29, 0.717) is 28.7 Å². The quantitative estimate of drug-likeness (QED) is 0.842. The molecule has 0 aliphatic carbocycles. The van der Waals surface area contributed by atoms with Gasteiger partial charge < -0.3 is 10.2 Å². The Kier molecular flexibility index (Phi) is 5.00. The molecule has 1 heterocycles. The number of sulfonamides is 1. The first-order valence-electron chi connectivity index (χ1n) is 6.38. The van der Waals surface area contributed by atoms with Crippen molar-refractivity contribution in [3.8, 4) is 0 Å². The Hall–Kier alpha value is -1.41. The Labute approximate surface area is 128 Å². The van der Waals surface area contributed by atoms with Crippen LogP contribution < -0.4 is 10.5 Å². The zero-order valence-corrected chi connectivity index (χ0v) is 13.0. The number of nitrogens with zero attached hydrogens (tertiary/aromatic N) is 1. The molecule has 1 aromatic heterocycles. The molecule has 0 saturated heterocycles. The zero-order valence-electron chi connectivity index (χ0n) is 11.5. The van der Waals surface area contributed by atoms with Crippen molar-refractivity contribution in [2.24, 2.45) is 5.73 Å². The van der Waals surface area contributed by atoms with Gasteiger partial charge in [-0.15, -0.1) is 0 Å². The average Bonchev–Trinajstić information content (AvgIpc) is 2.93. The van der Waals surface area contributed by atoms with Crippen LogP contribution in [0.1, 0.15) is 24.1 Å². The number of oxazole rings is 1. The maximum Gasteiger partial charge on any atom is 0.241 e. The van der Waals surface area contributed by atoms with E-state index < -0.39 is 10.0 Å². The first kappa shape index (κ1) is 16.0. The number of benzene rings is 1. The van der Waals surface area contributed by atoms with Crippen LogP contribution in [0.4, 0.5) is 0 Å². The van der Waals surface area contributed by atoms with Gasteiger partial charge in [0.2, 0.25) is 15.9 Å². The Balaban J connectivity index is 2.14. The third kappa shape index (κ3) is 3.82. The Morgan fingerprint density at radius 2 is 2.19 bits per heavy atom. The highest BCUT2D eigenvalue weighted by atomic mass is 35.5. The van der Waals surface area contributed by atoms with E-state index in [4.69, 9.17) is 21.8 Å². The molecule has 0 aliphatic heterocycles. The molecule has 0 bridgehead atoms. The molecule has 0 spiro atoms. The molecule has 8 heteroatoms. The lowest BCUT2D eigenvalue weighted by molar-refractivity contribution is 0.452. The van der Waals surface area contributed by atoms with Crippen molar-refractivity contribution >= 4 is 21.6 Å². The van der Waals surface area contributed by atoms with E-state index in [1.165, 1.54) is 18.2 Å². The molecule has 0 atom stereocenters. The van der Waals surface area contributed by atoms with Crippen molar-refractivity contribution in [3.63, 3.8) is 0 Å². The molecule has 2 rings (SSSR count). The molecule has 0 unspecified atom stereocenters. The summed E-state index contributed by atoms with van der Waals surface area (Å²) >= 11 is 5.92. The first-order valence-corrected chi connectivity index (χ1v) is 8.24. The summed E-state index contributed by atoms with van der Waals surface area (Å²) in [5.74, 6) is 1.03. The summed E-state index contributed by atoms with van der Waals surface area (Å²) < 4.78 is 32.2. The van der Waals surface area contributed by atoms with Crippen molar-refractivity contribution in [2.75, 3.05) is 0 Å². The zero-order chi connectivity index (χ0) is 15.5. The fourth-order valence-electron chi connectivity index (χ4n) is 1.71. The Bertz CT molecular complexity index is 728. The van der Waals surface area contributed by atoms with Gasteiger partial charge in [0.25, 0.3) is 0 Å². The monoisotopic (exact) mass is 329 g/mol. The maximum atomic E-state index is 12.2. The van der Waals surface area contributed by atoms with E-state index in [2.05, 4.69) is 9.71 Å². The van der Waals surface area contributed by atoms with Crippen LogP contribution in [0.25, 0.3) is 0 Å². The molecule has 0 amide bonds. The lowest BCUT2D eigenvalue weighted by Crippen LogP contribution is -2.23. The third-order valence-corrected chi connectivity index (χ3v) is 4.68. The van der Waals surface area contributed by atoms with Gasteiger partial charge in [0.1, 0.15) is 5.76 Å². The molecule has 3 N–H and O–H groups in total. The number of halogens is 1. The third-order valence-electron chi connectivity index (χ3n) is 2.91. The van der Waals surface area contributed by atoms with Gasteiger partial charge in [0.05, 0.1) is 17.6 Å². The largest absolute Gasteiger partial charge is 0.444 e. The van der Waals surface area contributed by atoms with Gasteiger partial charge in [0, 0.05) is 18.0 Å². The number of rotatable bonds is 6. The molecule has 6 nitrogen and oxygen atoms in total. The molecular weight excluding hydrogens is 314 g/mol. The van der Waals surface area contributed by atoms with Crippen molar-refractivity contribution in [1.82, 2.24) is 9.71 Å². The van der Waals surface area contributed by atoms with Crippen LogP contribution in [0.5, 0.6) is 0 Å². The minimum atomic E-state index is -3.67. The van der Waals surface area contributed by atoms with Crippen LogP contribution in [0, 0.1) is 0 Å². The second-order valence-electron chi connectivity index (χ2n) is 4.36. The summed E-state index contributed by atoms with van der Waals surface area (Å²) in [4.78, 5) is 4.10. The summed E-state index contributed by atoms with van der Waals surface area (Å²) in [6, 6.07) is 4.40. The fraction of sp³-hybridized carbons (Fsp3) is 0.308. The van der Waals surface area contributed by atoms with Gasteiger partial charge in [-0.3, -0.25) is 0 Å². The number of hydrogen-bond donors (Lipinski definition) is 2. The van der Waals surface area contributed by atoms with Crippen LogP contribution in [-0.2, 0) is 29.5 Å². The lowest BCUT2D eigenvalue weighted by Gasteiger charge is -2.07. The average molecular weight is 330 g/mol. The van der Waals surface area contributed by atoms with Crippen molar-refractivity contribution < 1.29 is 12.8 Å². The van der Waals surface area contributed by atoms with E-state index in [1.807, 2.05) is 6.92 Å². The smallest absolute Gasteiger partial charge is 0.241 e. The Morgan fingerprint density at radius 1 is 1.43 bits per heavy atom. The van der Waals surface area contributed by atoms with Crippen molar-refractivity contribution in [3.05, 3.63) is 46.6 Å². The predicted molar refractivity (Wildman–Crippen MR) is 79.2 cm³/mol. The van der Waals surface area contributed by atoms with Crippen molar-refractivity contribution in [1.29, 1.82) is 0 Å². The van der Waals surface area contributed by atoms with E-state index >= 15 is 0 Å². The van der Waals surface area contributed by atoms with Crippen LogP contribution >= 0.6 is 11.6 Å². The molecule has 1 aromatic carbocycles. The lowest BCUT2D eigenvalue weighted by atomic mass is 10.2. The van der Waals surface area contributed by atoms with Crippen LogP contribution in [0.3, 0.4) is 0 Å². The SMILES string of the molecule is CCc1cnc(CNS(=O)(=O)c2ccc(Cl)c(CN)c2)o1. The van der Waals surface area contributed by atoms with Gasteiger partial charge in [0.15, 0.2) is 0 Å². The van der Waals surface area contributed by atoms with E-state index in [9.17, 15) is 8.42 Å². The Morgan fingerprint density at radius 3 is 2.81 bits per heavy atom. The van der Waals surface area contributed by atoms with E-state index in [0.717, 1.165) is 0 Å². The number of aromatic nitrogens is 1. The van der Waals surface area contributed by atoms with Gasteiger partial charge >= 0.3 is 0 Å². The van der Waals surface area contributed by atoms with Gasteiger partial charge in [-0.05, 0) is 23.8 Å². The molecule has 0 radical (unpaired) electrons. The predicted octanol–water partition coefficient (Wildman–Crippen LogP) is 1.83. The molecule has 114 valence electrons. The summed E-state index contributed by atoms with van der Waals surface area (Å²) in [6.07, 6.45) is 2.29. The second kappa shape index (κ2) is 6.57. The highest BCUT2D eigenvalue weighted by Crippen LogP contribution is 2.20. The summed E-state index contributed by atoms with van der Waals surface area (Å²) in [5.41, 5.74) is 6.09. The van der Waals surface area contributed by atoms with E-state index in [1.54, 1.807) is 6.20 Å². The minimum Gasteiger partial charge on any atom is -0.444 e. The fourth-order valence-corrected chi connectivity index (χ4v) is 2.93. The maximum absolute atomic E-state index is 12.2. The standard InChI is InChI=1S/C13H16ClN3O3S/c1-2-10-7-16-13(20-10)8-17-21(18,19)11-3-4-12(14)9(5-11)6-15/h3-5,7,17H,2,6,8,15H2,1H3. The number of nitrogens with one attached hydrogen (secondary N) is 1. The van der Waals surface area contributed by atoms with Crippen molar-refractivity contribution in [2.45, 2.75) is 31.3 Å². The molecular formula is C13H16ClN3O3S. The summed E-state index contributed by atoms with van der Waals surface area (Å²) in [7, 11) is -3.67. The topological polar surface area (TPSA) is 98.2 Å². The van der Waals surface area contributed by atoms with Crippen LogP contribution in [-0.4, -0.2) is 13.4 Å². The number of hydrogen-bond acceptors (Lipinski definition) is 5. The normalized spacial score (nSPS) is 11.8. The number of aryl methyl sites for hydroxylation is 1. The van der Waals surface area contributed by atoms with Gasteiger partial charge in [-0.2, -0.15) is 0 Å². The minimum absolute atomic E-state index is 0.0110. The van der Waals surface area contributed by atoms with Gasteiger partial charge in [-0.25, -0.2) is 18.1 Å². The summed E-state index contributed by atoms with van der Waals surface area (Å²) in [6.45, 7) is 2.08. The highest BCUT2D eigenvalue weighted by molar-refractivity contribution is 7.89. The van der Waals surface area contributed by atoms with Gasteiger partial charge in [-0.1, -0.05) is 18.5 Å². The molecule has 0 fully saturated rings. The molecule has 21 heavy (non-hydrogen) atoms. The second-order valence-corrected chi connectivity index (χ2v) is 6.53. The summed E-state index contributed by atoms with van der Waals surface area (Å²) in [5, 5.41) is 0.441.